The third kappa shape index (κ3) is 7.51. The van der Waals surface area contributed by atoms with Crippen LogP contribution in [0.5, 0.6) is 0 Å². The Morgan fingerprint density at radius 3 is 2.58 bits per heavy atom. The molecule has 2 aliphatic rings. The van der Waals surface area contributed by atoms with Crippen LogP contribution in [0.3, 0.4) is 0 Å². The van der Waals surface area contributed by atoms with Crippen LogP contribution in [-0.2, 0) is 25.7 Å². The summed E-state index contributed by atoms with van der Waals surface area (Å²) in [5, 5.41) is 2.99. The molecule has 5 nitrogen and oxygen atoms in total. The Bertz CT molecular complexity index is 832. The predicted molar refractivity (Wildman–Crippen MR) is 121 cm³/mol. The fourth-order valence-electron chi connectivity index (χ4n) is 3.68. The topological polar surface area (TPSA) is 64.6 Å². The summed E-state index contributed by atoms with van der Waals surface area (Å²) in [6.45, 7) is 5.08. The molecule has 1 amide bonds. The third-order valence-electron chi connectivity index (χ3n) is 5.57. The molecule has 166 valence electrons. The van der Waals surface area contributed by atoms with Crippen molar-refractivity contribution in [2.45, 2.75) is 58.7 Å². The van der Waals surface area contributed by atoms with Gasteiger partial charge in [-0.05, 0) is 55.0 Å². The number of benzene rings is 1. The summed E-state index contributed by atoms with van der Waals surface area (Å²) in [6.07, 6.45) is 11.8. The molecule has 0 spiro atoms. The summed E-state index contributed by atoms with van der Waals surface area (Å²) in [6, 6.07) is 9.57. The number of carbonyl (C=O) groups is 2. The zero-order chi connectivity index (χ0) is 22.1. The van der Waals surface area contributed by atoms with Gasteiger partial charge in [-0.3, -0.25) is 4.79 Å². The van der Waals surface area contributed by atoms with Crippen molar-refractivity contribution in [1.82, 2.24) is 5.32 Å². The molecule has 1 atom stereocenters. The summed E-state index contributed by atoms with van der Waals surface area (Å²) in [5.74, 6) is 0.170. The van der Waals surface area contributed by atoms with Crippen molar-refractivity contribution >= 4 is 11.9 Å². The Morgan fingerprint density at radius 1 is 1.13 bits per heavy atom. The van der Waals surface area contributed by atoms with Crippen LogP contribution in [0.1, 0.15) is 51.5 Å². The van der Waals surface area contributed by atoms with Gasteiger partial charge in [0.25, 0.3) is 0 Å². The van der Waals surface area contributed by atoms with Gasteiger partial charge < -0.3 is 14.8 Å². The number of hydrogen-bond donors (Lipinski definition) is 1. The van der Waals surface area contributed by atoms with E-state index in [-0.39, 0.29) is 24.5 Å². The van der Waals surface area contributed by atoms with E-state index < -0.39 is 5.97 Å². The fraction of sp³-hybridized carbons (Fsp3) is 0.462. The highest BCUT2D eigenvalue weighted by Crippen LogP contribution is 2.25. The van der Waals surface area contributed by atoms with Gasteiger partial charge >= 0.3 is 5.97 Å². The smallest absolute Gasteiger partial charge is 0.338 e. The maximum atomic E-state index is 12.8. The molecule has 1 fully saturated rings. The van der Waals surface area contributed by atoms with Crippen LogP contribution < -0.4 is 5.32 Å². The van der Waals surface area contributed by atoms with Gasteiger partial charge in [-0.1, -0.05) is 57.0 Å². The van der Waals surface area contributed by atoms with Crippen LogP contribution in [0.4, 0.5) is 0 Å². The molecule has 1 aromatic rings. The lowest BCUT2D eigenvalue weighted by atomic mass is 10.1. The van der Waals surface area contributed by atoms with Gasteiger partial charge in [-0.2, -0.15) is 0 Å². The van der Waals surface area contributed by atoms with Crippen molar-refractivity contribution in [1.29, 1.82) is 0 Å². The van der Waals surface area contributed by atoms with Crippen LogP contribution in [0.25, 0.3) is 0 Å². The maximum Gasteiger partial charge on any atom is 0.338 e. The summed E-state index contributed by atoms with van der Waals surface area (Å²) >= 11 is 0. The number of allylic oxidation sites excluding steroid dienone is 1. The van der Waals surface area contributed by atoms with Crippen molar-refractivity contribution in [3.05, 3.63) is 71.5 Å². The molecule has 0 heterocycles. The molecule has 0 bridgehead atoms. The first-order valence-electron chi connectivity index (χ1n) is 11.3. The van der Waals surface area contributed by atoms with Crippen molar-refractivity contribution < 1.29 is 19.1 Å². The monoisotopic (exact) mass is 423 g/mol. The Labute approximate surface area is 185 Å². The largest absolute Gasteiger partial charge is 0.457 e. The van der Waals surface area contributed by atoms with Gasteiger partial charge in [0.1, 0.15) is 6.61 Å². The first-order chi connectivity index (χ1) is 15.0. The number of hydrogen-bond acceptors (Lipinski definition) is 4. The molecular weight excluding hydrogens is 390 g/mol. The number of rotatable bonds is 9. The molecule has 1 unspecified atom stereocenters. The average Bonchev–Trinajstić information content (AvgIpc) is 3.23. The van der Waals surface area contributed by atoms with E-state index in [4.69, 9.17) is 9.47 Å². The molecule has 2 aliphatic carbocycles. The Hall–Kier alpha value is -2.66. The molecule has 0 radical (unpaired) electrons. The van der Waals surface area contributed by atoms with E-state index in [0.717, 1.165) is 37.7 Å². The van der Waals surface area contributed by atoms with Gasteiger partial charge in [0, 0.05) is 18.2 Å². The van der Waals surface area contributed by atoms with Gasteiger partial charge in [0.05, 0.1) is 11.7 Å². The van der Waals surface area contributed by atoms with Crippen LogP contribution in [0.15, 0.2) is 65.9 Å². The Balaban J connectivity index is 1.70. The minimum Gasteiger partial charge on any atom is -0.457 e. The van der Waals surface area contributed by atoms with Crippen molar-refractivity contribution in [3.8, 4) is 0 Å². The number of nitrogens with one attached hydrogen (secondary N) is 1. The quantitative estimate of drug-likeness (QED) is 0.577. The van der Waals surface area contributed by atoms with E-state index in [2.05, 4.69) is 19.2 Å². The van der Waals surface area contributed by atoms with Crippen molar-refractivity contribution in [2.75, 3.05) is 6.61 Å². The maximum absolute atomic E-state index is 12.8. The Kier molecular flexibility index (Phi) is 8.65. The summed E-state index contributed by atoms with van der Waals surface area (Å²) < 4.78 is 11.5. The normalized spacial score (nSPS) is 19.0. The van der Waals surface area contributed by atoms with E-state index in [1.54, 1.807) is 12.2 Å². The average molecular weight is 424 g/mol. The number of esters is 1. The lowest BCUT2D eigenvalue weighted by molar-refractivity contribution is -0.140. The molecule has 0 aliphatic heterocycles. The second-order valence-electron chi connectivity index (χ2n) is 8.63. The van der Waals surface area contributed by atoms with E-state index in [1.807, 2.05) is 42.5 Å². The summed E-state index contributed by atoms with van der Waals surface area (Å²) in [4.78, 5) is 25.4. The van der Waals surface area contributed by atoms with Gasteiger partial charge in [0.15, 0.2) is 0 Å². The van der Waals surface area contributed by atoms with Crippen LogP contribution in [0, 0.1) is 11.8 Å². The lowest BCUT2D eigenvalue weighted by Gasteiger charge is -2.12. The first-order valence-corrected chi connectivity index (χ1v) is 11.3. The molecule has 1 saturated carbocycles. The molecule has 5 heteroatoms. The summed E-state index contributed by atoms with van der Waals surface area (Å²) in [5.41, 5.74) is 1.90. The van der Waals surface area contributed by atoms with E-state index in [9.17, 15) is 9.59 Å². The minimum atomic E-state index is -0.433. The van der Waals surface area contributed by atoms with Gasteiger partial charge in [0.2, 0.25) is 5.91 Å². The second kappa shape index (κ2) is 11.7. The Morgan fingerprint density at radius 2 is 1.87 bits per heavy atom. The zero-order valence-electron chi connectivity index (χ0n) is 18.5. The van der Waals surface area contributed by atoms with Gasteiger partial charge in [-0.15, -0.1) is 0 Å². The molecule has 3 rings (SSSR count). The van der Waals surface area contributed by atoms with Crippen molar-refractivity contribution in [2.24, 2.45) is 11.8 Å². The molecule has 1 N–H and O–H groups in total. The summed E-state index contributed by atoms with van der Waals surface area (Å²) in [7, 11) is 0. The SMILES string of the molecule is CC(C)CCOC1C=CC(NC(=O)C2CCCC2)=CC(C(=O)OCc2ccccc2)=C1. The zero-order valence-corrected chi connectivity index (χ0v) is 18.5. The first kappa shape index (κ1) is 23.0. The van der Waals surface area contributed by atoms with E-state index in [1.165, 1.54) is 0 Å². The van der Waals surface area contributed by atoms with E-state index >= 15 is 0 Å². The highest BCUT2D eigenvalue weighted by Gasteiger charge is 2.24. The molecule has 31 heavy (non-hydrogen) atoms. The molecule has 0 saturated heterocycles. The standard InChI is InChI=1S/C26H33NO4/c1-19(2)14-15-30-24-13-12-23(27-25(28)21-10-6-7-11-21)16-22(17-24)26(29)31-18-20-8-4-3-5-9-20/h3-5,8-9,12-13,16-17,19,21,24H,6-7,10-11,14-15,18H2,1-2H3,(H,27,28). The van der Waals surface area contributed by atoms with Crippen LogP contribution >= 0.6 is 0 Å². The third-order valence-corrected chi connectivity index (χ3v) is 5.57. The second-order valence-corrected chi connectivity index (χ2v) is 8.63. The van der Waals surface area contributed by atoms with Gasteiger partial charge in [-0.25, -0.2) is 4.79 Å². The highest BCUT2D eigenvalue weighted by atomic mass is 16.5. The highest BCUT2D eigenvalue weighted by molar-refractivity contribution is 5.92. The molecule has 1 aromatic carbocycles. The number of ether oxygens (including phenoxy) is 2. The molecule has 0 aromatic heterocycles. The molecular formula is C26H33NO4. The predicted octanol–water partition coefficient (Wildman–Crippen LogP) is 4.85. The fourth-order valence-corrected chi connectivity index (χ4v) is 3.68. The van der Waals surface area contributed by atoms with Crippen molar-refractivity contribution in [3.63, 3.8) is 0 Å². The van der Waals surface area contributed by atoms with Crippen LogP contribution in [-0.4, -0.2) is 24.6 Å². The number of amides is 1. The van der Waals surface area contributed by atoms with E-state index in [0.29, 0.717) is 23.8 Å². The minimum absolute atomic E-state index is 0.0181. The van der Waals surface area contributed by atoms with Crippen LogP contribution in [0.2, 0.25) is 0 Å². The number of carbonyl (C=O) groups excluding carboxylic acids is 2. The lowest BCUT2D eigenvalue weighted by Crippen LogP contribution is -2.28.